The molecule has 0 saturated carbocycles. The molecular weight excluding hydrogens is 989 g/mol. The molecule has 0 fully saturated rings. The highest BCUT2D eigenvalue weighted by Crippen LogP contribution is 2.25. The van der Waals surface area contributed by atoms with Gasteiger partial charge in [0.2, 0.25) is 0 Å². The third kappa shape index (κ3) is 139. The van der Waals surface area contributed by atoms with E-state index in [2.05, 4.69) is 39.1 Å². The molecule has 2 atom stereocenters. The van der Waals surface area contributed by atoms with Crippen molar-refractivity contribution in [2.45, 2.75) is 226 Å². The number of hydrogen-bond donors (Lipinski definition) is 4. The van der Waals surface area contributed by atoms with Gasteiger partial charge in [-0.2, -0.15) is 0 Å². The first-order valence-electron chi connectivity index (χ1n) is 19.2. The summed E-state index contributed by atoms with van der Waals surface area (Å²) in [7, 11) is 3.80. The van der Waals surface area contributed by atoms with Gasteiger partial charge in [-0.3, -0.25) is 0 Å². The van der Waals surface area contributed by atoms with Crippen molar-refractivity contribution in [1.29, 1.82) is 0 Å². The van der Waals surface area contributed by atoms with Gasteiger partial charge in [0.25, 0.3) is 0 Å². The van der Waals surface area contributed by atoms with Crippen molar-refractivity contribution in [2.24, 2.45) is 23.3 Å². The summed E-state index contributed by atoms with van der Waals surface area (Å²) in [5.74, 6) is 3.31. The van der Waals surface area contributed by atoms with E-state index >= 15 is 0 Å². The summed E-state index contributed by atoms with van der Waals surface area (Å²) < 4.78 is 54.6. The fraction of sp³-hybridized carbons (Fsp3) is 1.00. The molecule has 476 valence electrons. The van der Waals surface area contributed by atoms with Gasteiger partial charge in [-0.15, -0.1) is 25.3 Å². The van der Waals surface area contributed by atoms with Gasteiger partial charge in [0.1, 0.15) is 0 Å². The molecule has 0 saturated heterocycles. The fourth-order valence-electron chi connectivity index (χ4n) is 4.11. The molecule has 2 unspecified atom stereocenters. The van der Waals surface area contributed by atoms with Crippen molar-refractivity contribution in [3.8, 4) is 0 Å². The minimum absolute atomic E-state index is 0. The highest BCUT2D eigenvalue weighted by molar-refractivity contribution is 8.76. The SMILES string of the molecule is C.C.C.C.C.C.C.C.C.C.C.C.C.C.C.C.C.C.C.C.CC(CCOCCOCCN)CCOCCOCCN.CCCOCCOCCSSCCC(CCOCCOC(C)S)CCOCCOC(C)S. The maximum Gasteiger partial charge on any atom is 0.0972 e. The van der Waals surface area contributed by atoms with Gasteiger partial charge in [-0.05, 0) is 64.2 Å². The molecule has 0 aliphatic heterocycles. The topological polar surface area (TPSA) is 144 Å². The second kappa shape index (κ2) is 129. The number of hydrogen-bond acceptors (Lipinski definition) is 16. The van der Waals surface area contributed by atoms with Crippen LogP contribution in [0.1, 0.15) is 215 Å². The van der Waals surface area contributed by atoms with Crippen molar-refractivity contribution >= 4 is 46.8 Å². The van der Waals surface area contributed by atoms with Crippen molar-refractivity contribution in [2.75, 3.05) is 144 Å². The van der Waals surface area contributed by atoms with Crippen molar-refractivity contribution < 1.29 is 47.4 Å². The Morgan fingerprint density at radius 2 is 0.583 bits per heavy atom. The number of ether oxygens (including phenoxy) is 10. The van der Waals surface area contributed by atoms with E-state index < -0.39 is 0 Å². The minimum Gasteiger partial charge on any atom is -0.379 e. The van der Waals surface area contributed by atoms with Crippen LogP contribution in [-0.2, 0) is 47.4 Å². The average molecular weight is 1150 g/mol. The second-order valence-corrected chi connectivity index (χ2v) is 16.1. The summed E-state index contributed by atoms with van der Waals surface area (Å²) in [5.41, 5.74) is 10.5. The molecule has 0 heterocycles. The lowest BCUT2D eigenvalue weighted by Gasteiger charge is -2.17. The maximum atomic E-state index is 5.73. The number of rotatable bonds is 42. The summed E-state index contributed by atoms with van der Waals surface area (Å²) in [4.78, 5) is 0. The molecule has 0 aliphatic rings. The van der Waals surface area contributed by atoms with E-state index in [4.69, 9.17) is 58.8 Å². The molecule has 0 amide bonds. The summed E-state index contributed by atoms with van der Waals surface area (Å²) in [6.07, 6.45) is 6.38. The summed E-state index contributed by atoms with van der Waals surface area (Å²) in [6, 6.07) is 0. The van der Waals surface area contributed by atoms with E-state index in [0.29, 0.717) is 104 Å². The Balaban J connectivity index is -0.0000000285. The second-order valence-electron chi connectivity index (χ2n) is 12.0. The van der Waals surface area contributed by atoms with E-state index in [-0.39, 0.29) is 159 Å². The van der Waals surface area contributed by atoms with Crippen LogP contribution in [-0.4, -0.2) is 154 Å². The largest absolute Gasteiger partial charge is 0.379 e. The van der Waals surface area contributed by atoms with Crippen LogP contribution in [0, 0.1) is 11.8 Å². The highest BCUT2D eigenvalue weighted by Gasteiger charge is 2.10. The van der Waals surface area contributed by atoms with Crippen molar-refractivity contribution in [3.05, 3.63) is 0 Å². The predicted octanol–water partition coefficient (Wildman–Crippen LogP) is 18.3. The average Bonchev–Trinajstić information content (AvgIpc) is 3.12. The standard InChI is InChI=1S/C22H46O6S4.C14H32N2O4.20CH4/c1-4-8-23-11-12-26-17-19-32-31-18-7-22(5-9-24-13-15-27-20(2)29)6-10-25-14-16-28-21(3)30;1-14(2-6-17-10-12-19-8-4-15)3-7-18-11-13-20-9-5-16;;;;;;;;;;;;;;;;;;;;/h20-22,29-30H,4-19H2,1-3H3;14H,2-13,15-16H2,1H3;20*1H4. The van der Waals surface area contributed by atoms with Crippen molar-refractivity contribution in [1.82, 2.24) is 0 Å². The van der Waals surface area contributed by atoms with Crippen LogP contribution in [0.25, 0.3) is 0 Å². The first-order valence-corrected chi connectivity index (χ1v) is 22.7. The minimum atomic E-state index is -0.0488. The van der Waals surface area contributed by atoms with Gasteiger partial charge >= 0.3 is 0 Å². The predicted molar refractivity (Wildman–Crippen MR) is 359 cm³/mol. The van der Waals surface area contributed by atoms with E-state index in [0.717, 1.165) is 89.7 Å². The molecule has 0 radical (unpaired) electrons. The van der Waals surface area contributed by atoms with Gasteiger partial charge in [0.15, 0.2) is 0 Å². The monoisotopic (exact) mass is 1150 g/mol. The first-order chi connectivity index (χ1) is 25.4. The van der Waals surface area contributed by atoms with Gasteiger partial charge in [0, 0.05) is 57.6 Å². The van der Waals surface area contributed by atoms with Gasteiger partial charge in [-0.25, -0.2) is 0 Å². The molecule has 0 aliphatic carbocycles. The molecule has 0 aromatic rings. The lowest BCUT2D eigenvalue weighted by molar-refractivity contribution is 0.0283. The van der Waals surface area contributed by atoms with Gasteiger partial charge < -0.3 is 58.8 Å². The fourth-order valence-corrected chi connectivity index (χ4v) is 6.37. The molecular formula is C56H158N2O10S4. The van der Waals surface area contributed by atoms with Gasteiger partial charge in [-0.1, -0.05) is 184 Å². The number of nitrogens with two attached hydrogens (primary N) is 2. The summed E-state index contributed by atoms with van der Waals surface area (Å²) in [5, 5.41) is 0. The molecule has 0 spiro atoms. The summed E-state index contributed by atoms with van der Waals surface area (Å²) >= 11 is 8.40. The van der Waals surface area contributed by atoms with Crippen LogP contribution in [0.2, 0.25) is 0 Å². The molecule has 0 rings (SSSR count). The van der Waals surface area contributed by atoms with Crippen LogP contribution in [0.15, 0.2) is 0 Å². The Morgan fingerprint density at radius 1 is 0.319 bits per heavy atom. The Morgan fingerprint density at radius 3 is 0.889 bits per heavy atom. The molecule has 0 aromatic carbocycles. The molecule has 0 aromatic heterocycles. The van der Waals surface area contributed by atoms with Crippen LogP contribution < -0.4 is 11.5 Å². The molecule has 16 heteroatoms. The van der Waals surface area contributed by atoms with Crippen LogP contribution in [0.4, 0.5) is 0 Å². The lowest BCUT2D eigenvalue weighted by Crippen LogP contribution is -2.14. The molecule has 72 heavy (non-hydrogen) atoms. The van der Waals surface area contributed by atoms with Crippen LogP contribution in [0.3, 0.4) is 0 Å². The molecule has 0 bridgehead atoms. The highest BCUT2D eigenvalue weighted by atomic mass is 33.1. The van der Waals surface area contributed by atoms with E-state index in [1.165, 1.54) is 0 Å². The third-order valence-corrected chi connectivity index (χ3v) is 9.72. The first kappa shape index (κ1) is 145. The normalized spacial score (nSPS) is 9.62. The third-order valence-electron chi connectivity index (χ3n) is 7.02. The zero-order valence-corrected chi connectivity index (χ0v) is 36.5. The quantitative estimate of drug-likeness (QED) is 0.0199. The lowest BCUT2D eigenvalue weighted by atomic mass is 9.99. The smallest absolute Gasteiger partial charge is 0.0972 e. The maximum absolute atomic E-state index is 5.73. The van der Waals surface area contributed by atoms with E-state index in [1.54, 1.807) is 0 Å². The summed E-state index contributed by atoms with van der Waals surface area (Å²) in [6.45, 7) is 21.4. The van der Waals surface area contributed by atoms with Crippen LogP contribution >= 0.6 is 46.8 Å². The Bertz CT molecular complexity index is 627. The Labute approximate surface area is 484 Å². The van der Waals surface area contributed by atoms with E-state index in [1.807, 2.05) is 35.4 Å². The Kier molecular flexibility index (Phi) is 261. The number of thiol groups is 2. The van der Waals surface area contributed by atoms with Crippen molar-refractivity contribution in [3.63, 3.8) is 0 Å². The molecule has 4 N–H and O–H groups in total. The Hall–Kier alpha value is 0.920. The zero-order chi connectivity index (χ0) is 38.6. The van der Waals surface area contributed by atoms with E-state index in [9.17, 15) is 0 Å². The van der Waals surface area contributed by atoms with Gasteiger partial charge in [0.05, 0.1) is 96.8 Å². The zero-order valence-electron chi connectivity index (χ0n) is 33.1. The molecule has 12 nitrogen and oxygen atoms in total. The van der Waals surface area contributed by atoms with Crippen LogP contribution in [0.5, 0.6) is 0 Å².